The second kappa shape index (κ2) is 6.28. The molecule has 0 aliphatic carbocycles. The Hall–Kier alpha value is -0.510. The van der Waals surface area contributed by atoms with E-state index in [9.17, 15) is 0 Å². The van der Waals surface area contributed by atoms with Crippen LogP contribution in [0.1, 0.15) is 5.56 Å². The molecule has 1 heterocycles. The first-order valence-corrected chi connectivity index (χ1v) is 7.14. The van der Waals surface area contributed by atoms with Gasteiger partial charge in [0.05, 0.1) is 12.7 Å². The molecule has 1 aliphatic heterocycles. The van der Waals surface area contributed by atoms with Crippen LogP contribution in [-0.2, 0) is 11.3 Å². The maximum atomic E-state index is 5.72. The minimum absolute atomic E-state index is 0.410. The van der Waals surface area contributed by atoms with Crippen molar-refractivity contribution in [3.05, 3.63) is 35.9 Å². The predicted octanol–water partition coefficient (Wildman–Crippen LogP) is 2.25. The first-order chi connectivity index (χ1) is 7.88. The zero-order valence-electron chi connectivity index (χ0n) is 9.76. The third kappa shape index (κ3) is 3.51. The normalized spacial score (nSPS) is 22.2. The summed E-state index contributed by atoms with van der Waals surface area (Å²) in [4.78, 5) is 2.49. The molecule has 3 heteroatoms. The summed E-state index contributed by atoms with van der Waals surface area (Å²) in [5.74, 6) is 1.10. The number of nitrogens with zero attached hydrogens (tertiary/aromatic N) is 1. The van der Waals surface area contributed by atoms with Crippen molar-refractivity contribution in [1.82, 2.24) is 4.90 Å². The molecule has 0 unspecified atom stereocenters. The monoisotopic (exact) mass is 237 g/mol. The lowest BCUT2D eigenvalue weighted by atomic mass is 10.2. The van der Waals surface area contributed by atoms with Gasteiger partial charge in [-0.25, -0.2) is 0 Å². The molecular formula is C13H19NOS. The molecule has 88 valence electrons. The summed E-state index contributed by atoms with van der Waals surface area (Å²) in [5, 5.41) is 0. The SMILES string of the molecule is CSC[C@H]1CN(Cc2ccccc2)CCO1. The van der Waals surface area contributed by atoms with Gasteiger partial charge in [-0.2, -0.15) is 11.8 Å². The summed E-state index contributed by atoms with van der Waals surface area (Å²) in [6, 6.07) is 10.7. The van der Waals surface area contributed by atoms with E-state index in [4.69, 9.17) is 4.74 Å². The van der Waals surface area contributed by atoms with Crippen LogP contribution in [0.4, 0.5) is 0 Å². The van der Waals surface area contributed by atoms with Gasteiger partial charge in [0.2, 0.25) is 0 Å². The van der Waals surface area contributed by atoms with E-state index in [2.05, 4.69) is 41.5 Å². The first-order valence-electron chi connectivity index (χ1n) is 5.75. The number of rotatable bonds is 4. The van der Waals surface area contributed by atoms with Gasteiger partial charge in [-0.3, -0.25) is 4.90 Å². The standard InChI is InChI=1S/C13H19NOS/c1-16-11-13-10-14(7-8-15-13)9-12-5-3-2-4-6-12/h2-6,13H,7-11H2,1H3/t13-/m1/s1. The Morgan fingerprint density at radius 2 is 2.19 bits per heavy atom. The third-order valence-corrected chi connectivity index (χ3v) is 3.53. The molecule has 1 atom stereocenters. The van der Waals surface area contributed by atoms with Gasteiger partial charge in [-0.05, 0) is 11.8 Å². The van der Waals surface area contributed by atoms with Crippen molar-refractivity contribution in [2.24, 2.45) is 0 Å². The summed E-state index contributed by atoms with van der Waals surface area (Å²) in [6.07, 6.45) is 2.55. The Kier molecular flexibility index (Phi) is 4.69. The van der Waals surface area contributed by atoms with E-state index >= 15 is 0 Å². The zero-order valence-corrected chi connectivity index (χ0v) is 10.6. The molecule has 0 aromatic heterocycles. The van der Waals surface area contributed by atoms with Crippen molar-refractivity contribution in [3.8, 4) is 0 Å². The molecule has 1 fully saturated rings. The second-order valence-electron chi connectivity index (χ2n) is 4.17. The van der Waals surface area contributed by atoms with Crippen molar-refractivity contribution >= 4 is 11.8 Å². The molecule has 0 saturated carbocycles. The lowest BCUT2D eigenvalue weighted by molar-refractivity contribution is -0.0186. The fraction of sp³-hybridized carbons (Fsp3) is 0.538. The molecule has 2 nitrogen and oxygen atoms in total. The summed E-state index contributed by atoms with van der Waals surface area (Å²) < 4.78 is 5.72. The van der Waals surface area contributed by atoms with Crippen LogP contribution in [0.25, 0.3) is 0 Å². The topological polar surface area (TPSA) is 12.5 Å². The molecule has 0 radical (unpaired) electrons. The van der Waals surface area contributed by atoms with Crippen LogP contribution in [0, 0.1) is 0 Å². The third-order valence-electron chi connectivity index (χ3n) is 2.82. The van der Waals surface area contributed by atoms with Crippen molar-refractivity contribution in [2.45, 2.75) is 12.6 Å². The number of benzene rings is 1. The molecule has 1 aromatic carbocycles. The molecule has 1 saturated heterocycles. The van der Waals surface area contributed by atoms with Crippen LogP contribution in [0.5, 0.6) is 0 Å². The Balaban J connectivity index is 1.85. The van der Waals surface area contributed by atoms with E-state index < -0.39 is 0 Å². The van der Waals surface area contributed by atoms with Crippen LogP contribution in [-0.4, -0.2) is 42.7 Å². The maximum Gasteiger partial charge on any atom is 0.0792 e. The van der Waals surface area contributed by atoms with Gasteiger partial charge in [0.25, 0.3) is 0 Å². The summed E-state index contributed by atoms with van der Waals surface area (Å²) >= 11 is 1.86. The summed E-state index contributed by atoms with van der Waals surface area (Å²) in [5.41, 5.74) is 1.40. The van der Waals surface area contributed by atoms with Gasteiger partial charge < -0.3 is 4.74 Å². The molecule has 0 amide bonds. The van der Waals surface area contributed by atoms with Gasteiger partial charge in [0.1, 0.15) is 0 Å². The highest BCUT2D eigenvalue weighted by Gasteiger charge is 2.19. The van der Waals surface area contributed by atoms with Crippen molar-refractivity contribution in [2.75, 3.05) is 31.7 Å². The fourth-order valence-corrected chi connectivity index (χ4v) is 2.63. The van der Waals surface area contributed by atoms with Gasteiger partial charge in [-0.15, -0.1) is 0 Å². The predicted molar refractivity (Wildman–Crippen MR) is 69.8 cm³/mol. The van der Waals surface area contributed by atoms with Crippen LogP contribution in [0.15, 0.2) is 30.3 Å². The van der Waals surface area contributed by atoms with E-state index in [0.29, 0.717) is 6.10 Å². The summed E-state index contributed by atoms with van der Waals surface area (Å²) in [6.45, 7) is 4.04. The van der Waals surface area contributed by atoms with Crippen LogP contribution in [0.2, 0.25) is 0 Å². The van der Waals surface area contributed by atoms with Gasteiger partial charge in [-0.1, -0.05) is 30.3 Å². The lowest BCUT2D eigenvalue weighted by Gasteiger charge is -2.32. The minimum Gasteiger partial charge on any atom is -0.375 e. The number of hydrogen-bond acceptors (Lipinski definition) is 3. The molecule has 0 bridgehead atoms. The highest BCUT2D eigenvalue weighted by molar-refractivity contribution is 7.98. The van der Waals surface area contributed by atoms with Crippen molar-refractivity contribution in [1.29, 1.82) is 0 Å². The van der Waals surface area contributed by atoms with Crippen LogP contribution >= 0.6 is 11.8 Å². The Bertz CT molecular complexity index is 302. The minimum atomic E-state index is 0.410. The van der Waals surface area contributed by atoms with E-state index in [-0.39, 0.29) is 0 Å². The number of morpholine rings is 1. The molecule has 0 N–H and O–H groups in total. The second-order valence-corrected chi connectivity index (χ2v) is 5.08. The number of thioether (sulfide) groups is 1. The largest absolute Gasteiger partial charge is 0.375 e. The maximum absolute atomic E-state index is 5.72. The summed E-state index contributed by atoms with van der Waals surface area (Å²) in [7, 11) is 0. The van der Waals surface area contributed by atoms with Crippen molar-refractivity contribution < 1.29 is 4.74 Å². The van der Waals surface area contributed by atoms with Crippen molar-refractivity contribution in [3.63, 3.8) is 0 Å². The Morgan fingerprint density at radius 1 is 1.38 bits per heavy atom. The first kappa shape index (κ1) is 12.0. The van der Waals surface area contributed by atoms with Gasteiger partial charge in [0, 0.05) is 25.4 Å². The molecule has 2 rings (SSSR count). The molecule has 1 aliphatic rings. The van der Waals surface area contributed by atoms with Crippen LogP contribution in [0.3, 0.4) is 0 Å². The van der Waals surface area contributed by atoms with Gasteiger partial charge >= 0.3 is 0 Å². The van der Waals surface area contributed by atoms with E-state index in [1.165, 1.54) is 5.56 Å². The van der Waals surface area contributed by atoms with E-state index in [1.54, 1.807) is 0 Å². The molecule has 0 spiro atoms. The Morgan fingerprint density at radius 3 is 2.94 bits per heavy atom. The number of hydrogen-bond donors (Lipinski definition) is 0. The van der Waals surface area contributed by atoms with Crippen LogP contribution < -0.4 is 0 Å². The average Bonchev–Trinajstić information content (AvgIpc) is 2.31. The smallest absolute Gasteiger partial charge is 0.0792 e. The quantitative estimate of drug-likeness (QED) is 0.797. The zero-order chi connectivity index (χ0) is 11.2. The van der Waals surface area contributed by atoms with Gasteiger partial charge in [0.15, 0.2) is 0 Å². The molecule has 1 aromatic rings. The number of ether oxygens (including phenoxy) is 1. The fourth-order valence-electron chi connectivity index (χ4n) is 2.05. The Labute approximate surface area is 102 Å². The lowest BCUT2D eigenvalue weighted by Crippen LogP contribution is -2.42. The average molecular weight is 237 g/mol. The van der Waals surface area contributed by atoms with E-state index in [1.807, 2.05) is 11.8 Å². The highest BCUT2D eigenvalue weighted by Crippen LogP contribution is 2.12. The van der Waals surface area contributed by atoms with E-state index in [0.717, 1.165) is 32.0 Å². The molecular weight excluding hydrogens is 218 g/mol. The highest BCUT2D eigenvalue weighted by atomic mass is 32.2. The molecule has 16 heavy (non-hydrogen) atoms.